The largest absolute Gasteiger partial charge is 0.494 e. The highest BCUT2D eigenvalue weighted by Crippen LogP contribution is 2.25. The van der Waals surface area contributed by atoms with Crippen LogP contribution < -0.4 is 10.5 Å². The number of nitrogens with two attached hydrogens (primary N) is 1. The first-order valence-corrected chi connectivity index (χ1v) is 7.36. The molecule has 0 radical (unpaired) electrons. The van der Waals surface area contributed by atoms with Crippen LogP contribution in [0.1, 0.15) is 30.5 Å². The Hall–Kier alpha value is -1.97. The van der Waals surface area contributed by atoms with Crippen LogP contribution in [0.2, 0.25) is 0 Å². The molecule has 0 bridgehead atoms. The number of nitrogen functional groups attached to an aromatic ring is 1. The Bertz CT molecular complexity index is 563. The second kappa shape index (κ2) is 5.99. The molecule has 1 aliphatic carbocycles. The molecule has 0 amide bonds. The summed E-state index contributed by atoms with van der Waals surface area (Å²) < 4.78 is 7.64. The molecule has 1 aromatic heterocycles. The zero-order valence-corrected chi connectivity index (χ0v) is 11.7. The van der Waals surface area contributed by atoms with Gasteiger partial charge in [0.1, 0.15) is 11.6 Å². The van der Waals surface area contributed by atoms with Gasteiger partial charge in [-0.15, -0.1) is 0 Å². The normalized spacial score (nSPS) is 14.0. The lowest BCUT2D eigenvalue weighted by molar-refractivity contribution is 0.299. The lowest BCUT2D eigenvalue weighted by atomic mass is 9.98. The minimum absolute atomic E-state index is 0.688. The van der Waals surface area contributed by atoms with E-state index in [4.69, 9.17) is 10.5 Å². The molecule has 4 nitrogen and oxygen atoms in total. The number of aryl methyl sites for hydroxylation is 2. The van der Waals surface area contributed by atoms with Crippen LogP contribution in [0.15, 0.2) is 30.3 Å². The summed E-state index contributed by atoms with van der Waals surface area (Å²) in [5.41, 5.74) is 8.66. The van der Waals surface area contributed by atoms with Gasteiger partial charge in [-0.05, 0) is 37.8 Å². The Morgan fingerprint density at radius 1 is 1.15 bits per heavy atom. The van der Waals surface area contributed by atoms with Gasteiger partial charge in [0, 0.05) is 18.5 Å². The van der Waals surface area contributed by atoms with Crippen molar-refractivity contribution in [3.05, 3.63) is 41.6 Å². The molecule has 0 saturated heterocycles. The highest BCUT2D eigenvalue weighted by atomic mass is 16.5. The SMILES string of the molecule is Nc1c2c(nn1CCCOc1ccccc1)CCCC2. The van der Waals surface area contributed by atoms with Crippen molar-refractivity contribution >= 4 is 5.82 Å². The van der Waals surface area contributed by atoms with Gasteiger partial charge in [-0.3, -0.25) is 0 Å². The summed E-state index contributed by atoms with van der Waals surface area (Å²) in [6.45, 7) is 1.51. The number of rotatable bonds is 5. The third-order valence-electron chi connectivity index (χ3n) is 3.79. The highest BCUT2D eigenvalue weighted by molar-refractivity contribution is 5.44. The summed E-state index contributed by atoms with van der Waals surface area (Å²) in [5, 5.41) is 4.63. The van der Waals surface area contributed by atoms with Gasteiger partial charge in [0.05, 0.1) is 12.3 Å². The fraction of sp³-hybridized carbons (Fsp3) is 0.438. The summed E-state index contributed by atoms with van der Waals surface area (Å²) in [6.07, 6.45) is 5.55. The molecule has 1 heterocycles. The molecule has 1 aliphatic rings. The van der Waals surface area contributed by atoms with Crippen molar-refractivity contribution in [1.29, 1.82) is 0 Å². The van der Waals surface area contributed by atoms with Gasteiger partial charge >= 0.3 is 0 Å². The second-order valence-corrected chi connectivity index (χ2v) is 5.26. The number of hydrogen-bond acceptors (Lipinski definition) is 3. The average Bonchev–Trinajstić information content (AvgIpc) is 2.82. The molecular weight excluding hydrogens is 250 g/mol. The minimum Gasteiger partial charge on any atom is -0.494 e. The number of hydrogen-bond donors (Lipinski definition) is 1. The van der Waals surface area contributed by atoms with Crippen molar-refractivity contribution in [3.63, 3.8) is 0 Å². The maximum Gasteiger partial charge on any atom is 0.125 e. The molecule has 0 saturated carbocycles. The van der Waals surface area contributed by atoms with E-state index in [-0.39, 0.29) is 0 Å². The lowest BCUT2D eigenvalue weighted by Crippen LogP contribution is -2.09. The fourth-order valence-corrected chi connectivity index (χ4v) is 2.72. The van der Waals surface area contributed by atoms with Crippen molar-refractivity contribution in [3.8, 4) is 5.75 Å². The van der Waals surface area contributed by atoms with Gasteiger partial charge in [0.2, 0.25) is 0 Å². The Morgan fingerprint density at radius 2 is 1.95 bits per heavy atom. The Labute approximate surface area is 119 Å². The maximum absolute atomic E-state index is 6.18. The number of aromatic nitrogens is 2. The molecule has 0 aliphatic heterocycles. The monoisotopic (exact) mass is 271 g/mol. The zero-order valence-electron chi connectivity index (χ0n) is 11.7. The van der Waals surface area contributed by atoms with Gasteiger partial charge in [-0.2, -0.15) is 5.10 Å². The third kappa shape index (κ3) is 2.79. The van der Waals surface area contributed by atoms with Crippen LogP contribution >= 0.6 is 0 Å². The van der Waals surface area contributed by atoms with Crippen molar-refractivity contribution in [2.24, 2.45) is 0 Å². The van der Waals surface area contributed by atoms with Crippen LogP contribution in [0.4, 0.5) is 5.82 Å². The number of anilines is 1. The number of nitrogens with zero attached hydrogens (tertiary/aromatic N) is 2. The van der Waals surface area contributed by atoms with Crippen molar-refractivity contribution in [2.45, 2.75) is 38.6 Å². The molecule has 0 spiro atoms. The zero-order chi connectivity index (χ0) is 13.8. The van der Waals surface area contributed by atoms with E-state index in [1.54, 1.807) is 0 Å². The van der Waals surface area contributed by atoms with Crippen LogP contribution in [0, 0.1) is 0 Å². The van der Waals surface area contributed by atoms with E-state index in [0.717, 1.165) is 37.4 Å². The molecule has 4 heteroatoms. The van der Waals surface area contributed by atoms with Gasteiger partial charge < -0.3 is 10.5 Å². The molecule has 3 rings (SSSR count). The molecule has 106 valence electrons. The number of para-hydroxylation sites is 1. The fourth-order valence-electron chi connectivity index (χ4n) is 2.72. The predicted molar refractivity (Wildman–Crippen MR) is 79.8 cm³/mol. The summed E-state index contributed by atoms with van der Waals surface area (Å²) in [7, 11) is 0. The summed E-state index contributed by atoms with van der Waals surface area (Å²) in [5.74, 6) is 1.78. The van der Waals surface area contributed by atoms with Gasteiger partial charge in [0.15, 0.2) is 0 Å². The van der Waals surface area contributed by atoms with Crippen molar-refractivity contribution < 1.29 is 4.74 Å². The van der Waals surface area contributed by atoms with E-state index in [1.165, 1.54) is 24.1 Å². The van der Waals surface area contributed by atoms with Gasteiger partial charge in [0.25, 0.3) is 0 Å². The predicted octanol–water partition coefficient (Wildman–Crippen LogP) is 2.81. The Kier molecular flexibility index (Phi) is 3.90. The molecule has 20 heavy (non-hydrogen) atoms. The van der Waals surface area contributed by atoms with E-state index in [9.17, 15) is 0 Å². The van der Waals surface area contributed by atoms with E-state index in [2.05, 4.69) is 5.10 Å². The average molecular weight is 271 g/mol. The van der Waals surface area contributed by atoms with E-state index < -0.39 is 0 Å². The Morgan fingerprint density at radius 3 is 2.75 bits per heavy atom. The van der Waals surface area contributed by atoms with Crippen LogP contribution in [0.3, 0.4) is 0 Å². The Balaban J connectivity index is 1.53. The van der Waals surface area contributed by atoms with Crippen LogP contribution in [-0.2, 0) is 19.4 Å². The third-order valence-corrected chi connectivity index (χ3v) is 3.79. The first kappa shape index (κ1) is 13.0. The topological polar surface area (TPSA) is 53.1 Å². The lowest BCUT2D eigenvalue weighted by Gasteiger charge is -2.09. The first-order valence-electron chi connectivity index (χ1n) is 7.36. The number of ether oxygens (including phenoxy) is 1. The summed E-state index contributed by atoms with van der Waals surface area (Å²) in [6, 6.07) is 9.90. The van der Waals surface area contributed by atoms with Gasteiger partial charge in [-0.25, -0.2) is 4.68 Å². The quantitative estimate of drug-likeness (QED) is 0.851. The molecule has 0 atom stereocenters. The van der Waals surface area contributed by atoms with E-state index in [0.29, 0.717) is 6.61 Å². The first-order chi connectivity index (χ1) is 9.84. The summed E-state index contributed by atoms with van der Waals surface area (Å²) >= 11 is 0. The number of fused-ring (bicyclic) bond motifs is 1. The molecule has 0 fully saturated rings. The van der Waals surface area contributed by atoms with Gasteiger partial charge in [-0.1, -0.05) is 18.2 Å². The molecule has 0 unspecified atom stereocenters. The van der Waals surface area contributed by atoms with E-state index >= 15 is 0 Å². The number of benzene rings is 1. The highest BCUT2D eigenvalue weighted by Gasteiger charge is 2.18. The standard InChI is InChI=1S/C16H21N3O/c17-16-14-9-4-5-10-15(14)18-19(16)11-6-12-20-13-7-2-1-3-8-13/h1-3,7-8H,4-6,9-12,17H2. The maximum atomic E-state index is 6.18. The molecule has 2 N–H and O–H groups in total. The molecule has 2 aromatic rings. The second-order valence-electron chi connectivity index (χ2n) is 5.26. The van der Waals surface area contributed by atoms with Crippen LogP contribution in [0.25, 0.3) is 0 Å². The summed E-state index contributed by atoms with van der Waals surface area (Å²) in [4.78, 5) is 0. The molecule has 1 aromatic carbocycles. The van der Waals surface area contributed by atoms with Crippen LogP contribution in [0.5, 0.6) is 5.75 Å². The van der Waals surface area contributed by atoms with Crippen molar-refractivity contribution in [1.82, 2.24) is 9.78 Å². The van der Waals surface area contributed by atoms with E-state index in [1.807, 2.05) is 35.0 Å². The van der Waals surface area contributed by atoms with Crippen molar-refractivity contribution in [2.75, 3.05) is 12.3 Å². The van der Waals surface area contributed by atoms with Crippen LogP contribution in [-0.4, -0.2) is 16.4 Å². The molecular formula is C16H21N3O. The smallest absolute Gasteiger partial charge is 0.125 e. The minimum atomic E-state index is 0.688.